The van der Waals surface area contributed by atoms with E-state index in [1.54, 1.807) is 30.4 Å². The SMILES string of the molecule is CC(C)=CCc1c(OC(C)C)cc(/C=C/c2ccc(F)cc2)c(C(=O)O)c1O. The molecule has 0 heterocycles. The molecular formula is C23H25FO4. The number of phenols is 1. The van der Waals surface area contributed by atoms with Crippen LogP contribution in [0.3, 0.4) is 0 Å². The highest BCUT2D eigenvalue weighted by Gasteiger charge is 2.22. The maximum Gasteiger partial charge on any atom is 0.340 e. The molecule has 2 aromatic carbocycles. The molecule has 0 aromatic heterocycles. The molecule has 0 unspecified atom stereocenters. The Hall–Kier alpha value is -3.08. The van der Waals surface area contributed by atoms with Gasteiger partial charge in [0, 0.05) is 5.56 Å². The maximum absolute atomic E-state index is 13.1. The Kier molecular flexibility index (Phi) is 6.99. The quantitative estimate of drug-likeness (QED) is 0.475. The number of rotatable bonds is 7. The van der Waals surface area contributed by atoms with E-state index in [0.717, 1.165) is 5.57 Å². The number of allylic oxidation sites excluding steroid dienone is 2. The van der Waals surface area contributed by atoms with Gasteiger partial charge in [-0.25, -0.2) is 9.18 Å². The van der Waals surface area contributed by atoms with E-state index in [9.17, 15) is 19.4 Å². The highest BCUT2D eigenvalue weighted by Crippen LogP contribution is 2.37. The third kappa shape index (κ3) is 5.46. The summed E-state index contributed by atoms with van der Waals surface area (Å²) >= 11 is 0. The Morgan fingerprint density at radius 3 is 2.36 bits per heavy atom. The zero-order chi connectivity index (χ0) is 20.8. The van der Waals surface area contributed by atoms with Gasteiger partial charge in [-0.05, 0) is 63.4 Å². The molecule has 2 rings (SSSR count). The summed E-state index contributed by atoms with van der Waals surface area (Å²) in [5.74, 6) is -1.45. The first kappa shape index (κ1) is 21.2. The van der Waals surface area contributed by atoms with Crippen molar-refractivity contribution in [2.24, 2.45) is 0 Å². The number of hydrogen-bond donors (Lipinski definition) is 2. The van der Waals surface area contributed by atoms with Gasteiger partial charge in [0.1, 0.15) is 22.9 Å². The van der Waals surface area contributed by atoms with Crippen molar-refractivity contribution in [2.45, 2.75) is 40.2 Å². The van der Waals surface area contributed by atoms with E-state index in [-0.39, 0.29) is 23.2 Å². The second-order valence-corrected chi connectivity index (χ2v) is 7.01. The number of halogens is 1. The number of ether oxygens (including phenoxy) is 1. The molecule has 0 amide bonds. The van der Waals surface area contributed by atoms with E-state index in [4.69, 9.17) is 4.74 Å². The van der Waals surface area contributed by atoms with Crippen molar-refractivity contribution in [1.82, 2.24) is 0 Å². The molecule has 5 heteroatoms. The predicted molar refractivity (Wildman–Crippen MR) is 109 cm³/mol. The fraction of sp³-hybridized carbons (Fsp3) is 0.261. The molecular weight excluding hydrogens is 359 g/mol. The molecule has 28 heavy (non-hydrogen) atoms. The average Bonchev–Trinajstić information content (AvgIpc) is 2.59. The average molecular weight is 384 g/mol. The number of hydrogen-bond acceptors (Lipinski definition) is 3. The zero-order valence-corrected chi connectivity index (χ0v) is 16.5. The van der Waals surface area contributed by atoms with Crippen LogP contribution in [0.25, 0.3) is 12.2 Å². The first-order chi connectivity index (χ1) is 13.2. The van der Waals surface area contributed by atoms with Crippen LogP contribution >= 0.6 is 0 Å². The smallest absolute Gasteiger partial charge is 0.340 e. The van der Waals surface area contributed by atoms with Crippen LogP contribution in [0.2, 0.25) is 0 Å². The van der Waals surface area contributed by atoms with Gasteiger partial charge >= 0.3 is 5.97 Å². The largest absolute Gasteiger partial charge is 0.507 e. The van der Waals surface area contributed by atoms with Gasteiger partial charge in [0.05, 0.1) is 6.10 Å². The van der Waals surface area contributed by atoms with Gasteiger partial charge in [0.25, 0.3) is 0 Å². The van der Waals surface area contributed by atoms with E-state index in [1.807, 2.05) is 33.8 Å². The van der Waals surface area contributed by atoms with E-state index < -0.39 is 5.97 Å². The molecule has 0 bridgehead atoms. The lowest BCUT2D eigenvalue weighted by atomic mass is 9.97. The Bertz CT molecular complexity index is 905. The summed E-state index contributed by atoms with van der Waals surface area (Å²) in [6.07, 6.45) is 5.36. The van der Waals surface area contributed by atoms with Gasteiger partial charge in [0.15, 0.2) is 0 Å². The predicted octanol–water partition coefficient (Wildman–Crippen LogP) is 5.70. The molecule has 0 aliphatic heterocycles. The van der Waals surface area contributed by atoms with Crippen LogP contribution in [-0.2, 0) is 6.42 Å². The molecule has 4 nitrogen and oxygen atoms in total. The first-order valence-electron chi connectivity index (χ1n) is 9.04. The highest BCUT2D eigenvalue weighted by molar-refractivity contribution is 5.97. The van der Waals surface area contributed by atoms with E-state index in [2.05, 4.69) is 0 Å². The molecule has 0 spiro atoms. The molecule has 0 saturated carbocycles. The summed E-state index contributed by atoms with van der Waals surface area (Å²) in [5, 5.41) is 20.4. The van der Waals surface area contributed by atoms with E-state index in [0.29, 0.717) is 28.9 Å². The molecule has 2 aromatic rings. The Morgan fingerprint density at radius 1 is 1.18 bits per heavy atom. The zero-order valence-electron chi connectivity index (χ0n) is 16.5. The van der Waals surface area contributed by atoms with Crippen molar-refractivity contribution >= 4 is 18.1 Å². The van der Waals surface area contributed by atoms with Gasteiger partial charge in [-0.1, -0.05) is 35.9 Å². The fourth-order valence-electron chi connectivity index (χ4n) is 2.68. The minimum absolute atomic E-state index is 0.144. The molecule has 0 aliphatic rings. The number of carbonyl (C=O) groups is 1. The minimum atomic E-state index is -1.23. The molecule has 0 atom stereocenters. The van der Waals surface area contributed by atoms with Crippen molar-refractivity contribution in [2.75, 3.05) is 0 Å². The van der Waals surface area contributed by atoms with Gasteiger partial charge in [-0.3, -0.25) is 0 Å². The molecule has 0 radical (unpaired) electrons. The monoisotopic (exact) mass is 384 g/mol. The number of benzene rings is 2. The summed E-state index contributed by atoms with van der Waals surface area (Å²) in [6.45, 7) is 7.58. The van der Waals surface area contributed by atoms with Crippen molar-refractivity contribution in [3.8, 4) is 11.5 Å². The van der Waals surface area contributed by atoms with Crippen molar-refractivity contribution in [1.29, 1.82) is 0 Å². The van der Waals surface area contributed by atoms with Crippen molar-refractivity contribution in [3.63, 3.8) is 0 Å². The van der Waals surface area contributed by atoms with Crippen LogP contribution in [0.15, 0.2) is 42.0 Å². The molecule has 2 N–H and O–H groups in total. The summed E-state index contributed by atoms with van der Waals surface area (Å²) in [5.41, 5.74) is 2.31. The fourth-order valence-corrected chi connectivity index (χ4v) is 2.68. The number of aromatic carboxylic acids is 1. The van der Waals surface area contributed by atoms with Crippen LogP contribution in [0.4, 0.5) is 4.39 Å². The third-order valence-corrected chi connectivity index (χ3v) is 4.01. The second kappa shape index (κ2) is 9.22. The van der Waals surface area contributed by atoms with Crippen LogP contribution in [-0.4, -0.2) is 22.3 Å². The standard InChI is InChI=1S/C23H25FO4/c1-14(2)5-12-19-20(28-15(3)4)13-17(21(22(19)25)23(26)27)9-6-16-7-10-18(24)11-8-16/h5-11,13,15,25H,12H2,1-4H3,(H,26,27)/b9-6+. The molecule has 0 saturated heterocycles. The van der Waals surface area contributed by atoms with Crippen LogP contribution in [0, 0.1) is 5.82 Å². The van der Waals surface area contributed by atoms with Gasteiger partial charge in [0.2, 0.25) is 0 Å². The topological polar surface area (TPSA) is 66.8 Å². The number of carboxylic acid groups (broad SMARTS) is 1. The third-order valence-electron chi connectivity index (χ3n) is 4.01. The highest BCUT2D eigenvalue weighted by atomic mass is 19.1. The van der Waals surface area contributed by atoms with Crippen molar-refractivity contribution in [3.05, 3.63) is 70.1 Å². The summed E-state index contributed by atoms with van der Waals surface area (Å²) < 4.78 is 18.9. The van der Waals surface area contributed by atoms with Crippen molar-refractivity contribution < 1.29 is 24.1 Å². The van der Waals surface area contributed by atoms with E-state index in [1.165, 1.54) is 12.1 Å². The maximum atomic E-state index is 13.1. The Balaban J connectivity index is 2.59. The lowest BCUT2D eigenvalue weighted by Gasteiger charge is -2.18. The van der Waals surface area contributed by atoms with Crippen LogP contribution in [0.1, 0.15) is 54.7 Å². The van der Waals surface area contributed by atoms with Crippen LogP contribution < -0.4 is 4.74 Å². The Morgan fingerprint density at radius 2 is 1.82 bits per heavy atom. The lowest BCUT2D eigenvalue weighted by molar-refractivity contribution is 0.0693. The molecule has 148 valence electrons. The normalized spacial score (nSPS) is 11.1. The Labute approximate surface area is 164 Å². The van der Waals surface area contributed by atoms with E-state index >= 15 is 0 Å². The first-order valence-corrected chi connectivity index (χ1v) is 9.04. The molecule has 0 aliphatic carbocycles. The minimum Gasteiger partial charge on any atom is -0.507 e. The number of carboxylic acids is 1. The van der Waals surface area contributed by atoms with Gasteiger partial charge in [-0.2, -0.15) is 0 Å². The summed E-state index contributed by atoms with van der Waals surface area (Å²) in [4.78, 5) is 11.8. The second-order valence-electron chi connectivity index (χ2n) is 7.01. The lowest BCUT2D eigenvalue weighted by Crippen LogP contribution is -2.10. The number of aromatic hydroxyl groups is 1. The van der Waals surface area contributed by atoms with Gasteiger partial charge in [-0.15, -0.1) is 0 Å². The summed E-state index contributed by atoms with van der Waals surface area (Å²) in [6, 6.07) is 7.44. The molecule has 0 fully saturated rings. The van der Waals surface area contributed by atoms with Gasteiger partial charge < -0.3 is 14.9 Å². The van der Waals surface area contributed by atoms with Crippen LogP contribution in [0.5, 0.6) is 11.5 Å². The summed E-state index contributed by atoms with van der Waals surface area (Å²) in [7, 11) is 0.